The van der Waals surface area contributed by atoms with E-state index in [-0.39, 0.29) is 19.1 Å². The minimum absolute atomic E-state index is 0.00898. The smallest absolute Gasteiger partial charge is 0.268 e. The van der Waals surface area contributed by atoms with E-state index in [0.717, 1.165) is 57.8 Å². The van der Waals surface area contributed by atoms with Crippen molar-refractivity contribution in [2.24, 2.45) is 0 Å². The van der Waals surface area contributed by atoms with Crippen molar-refractivity contribution in [3.8, 4) is 0 Å². The zero-order valence-electron chi connectivity index (χ0n) is 28.4. The SMILES string of the molecule is CCCCC/C=C\C/C=C\CCCCCCCCCC(=O)NC(COP(=O)([O-])OCC[N+](C)(C)C)C(O)CCCCCC. The molecule has 0 aromatic rings. The van der Waals surface area contributed by atoms with Gasteiger partial charge in [-0.25, -0.2) is 0 Å². The summed E-state index contributed by atoms with van der Waals surface area (Å²) in [5.41, 5.74) is 0. The summed E-state index contributed by atoms with van der Waals surface area (Å²) in [5, 5.41) is 13.5. The number of likely N-dealkylation sites (N-methyl/N-ethyl adjacent to an activating group) is 1. The molecule has 0 radical (unpaired) electrons. The van der Waals surface area contributed by atoms with Crippen LogP contribution in [0.5, 0.6) is 0 Å². The fourth-order valence-corrected chi connectivity index (χ4v) is 5.32. The van der Waals surface area contributed by atoms with Crippen molar-refractivity contribution in [1.82, 2.24) is 5.32 Å². The molecular weight excluding hydrogens is 563 g/mol. The third kappa shape index (κ3) is 29.5. The Morgan fingerprint density at radius 3 is 1.95 bits per heavy atom. The third-order valence-electron chi connectivity index (χ3n) is 7.44. The molecule has 0 aliphatic rings. The molecule has 0 saturated carbocycles. The molecule has 0 rings (SSSR count). The van der Waals surface area contributed by atoms with Crippen LogP contribution in [0.3, 0.4) is 0 Å². The van der Waals surface area contributed by atoms with Gasteiger partial charge in [-0.3, -0.25) is 9.36 Å². The van der Waals surface area contributed by atoms with Crippen molar-refractivity contribution in [3.05, 3.63) is 24.3 Å². The second-order valence-electron chi connectivity index (χ2n) is 12.9. The molecule has 8 nitrogen and oxygen atoms in total. The molecule has 0 aromatic carbocycles. The Hall–Kier alpha value is -1.02. The van der Waals surface area contributed by atoms with E-state index in [1.54, 1.807) is 0 Å². The summed E-state index contributed by atoms with van der Waals surface area (Å²) < 4.78 is 22.9. The fourth-order valence-electron chi connectivity index (χ4n) is 4.60. The maximum absolute atomic E-state index is 12.6. The van der Waals surface area contributed by atoms with Crippen molar-refractivity contribution < 1.29 is 32.9 Å². The number of quaternary nitrogens is 1. The molecule has 2 N–H and O–H groups in total. The number of phosphoric ester groups is 1. The molecule has 254 valence electrons. The zero-order chi connectivity index (χ0) is 32.2. The molecule has 0 bridgehead atoms. The topological polar surface area (TPSA) is 108 Å². The number of carbonyl (C=O) groups excluding carboxylic acids is 1. The minimum Gasteiger partial charge on any atom is -0.756 e. The number of phosphoric acid groups is 1. The maximum Gasteiger partial charge on any atom is 0.268 e. The molecule has 0 heterocycles. The quantitative estimate of drug-likeness (QED) is 0.0366. The van der Waals surface area contributed by atoms with Gasteiger partial charge in [0.2, 0.25) is 5.91 Å². The second kappa shape index (κ2) is 27.3. The van der Waals surface area contributed by atoms with Crippen LogP contribution < -0.4 is 10.2 Å². The number of unbranched alkanes of at least 4 members (excludes halogenated alkanes) is 13. The van der Waals surface area contributed by atoms with Crippen LogP contribution in [-0.4, -0.2) is 68.5 Å². The van der Waals surface area contributed by atoms with Crippen LogP contribution in [0.25, 0.3) is 0 Å². The van der Waals surface area contributed by atoms with Gasteiger partial charge < -0.3 is 28.8 Å². The number of nitrogens with zero attached hydrogens (tertiary/aromatic N) is 1. The van der Waals surface area contributed by atoms with E-state index in [1.807, 2.05) is 21.1 Å². The summed E-state index contributed by atoms with van der Waals surface area (Å²) in [5.74, 6) is -0.185. The van der Waals surface area contributed by atoms with Crippen molar-refractivity contribution in [2.45, 2.75) is 148 Å². The standard InChI is InChI=1S/C34H67N2O6P/c1-6-8-10-12-13-14-15-16-17-18-19-20-21-22-23-24-26-28-34(38)35-32(33(37)27-25-11-9-7-2)31-42-43(39,40)41-30-29-36(3,4)5/h13-14,16-17,32-33,37H,6-12,15,18-31H2,1-5H3,(H-,35,38,39,40)/b14-13-,17-16-. The first kappa shape index (κ1) is 42.0. The molecule has 1 amide bonds. The van der Waals surface area contributed by atoms with Crippen LogP contribution in [0, 0.1) is 0 Å². The van der Waals surface area contributed by atoms with Gasteiger partial charge >= 0.3 is 0 Å². The number of hydrogen-bond donors (Lipinski definition) is 2. The average Bonchev–Trinajstić information content (AvgIpc) is 2.94. The Labute approximate surface area is 264 Å². The lowest BCUT2D eigenvalue weighted by Crippen LogP contribution is -2.46. The van der Waals surface area contributed by atoms with E-state index in [2.05, 4.69) is 43.5 Å². The molecule has 9 heteroatoms. The van der Waals surface area contributed by atoms with Gasteiger partial charge in [-0.1, -0.05) is 109 Å². The second-order valence-corrected chi connectivity index (χ2v) is 14.3. The molecule has 0 aliphatic heterocycles. The third-order valence-corrected chi connectivity index (χ3v) is 8.41. The number of rotatable bonds is 30. The number of aliphatic hydroxyl groups is 1. The van der Waals surface area contributed by atoms with Gasteiger partial charge in [0, 0.05) is 6.42 Å². The first-order valence-corrected chi connectivity index (χ1v) is 18.6. The lowest BCUT2D eigenvalue weighted by molar-refractivity contribution is -0.870. The molecule has 0 aliphatic carbocycles. The normalized spacial score (nSPS) is 15.2. The Morgan fingerprint density at radius 2 is 1.35 bits per heavy atom. The van der Waals surface area contributed by atoms with E-state index in [0.29, 0.717) is 23.9 Å². The van der Waals surface area contributed by atoms with E-state index >= 15 is 0 Å². The van der Waals surface area contributed by atoms with Crippen molar-refractivity contribution in [3.63, 3.8) is 0 Å². The van der Waals surface area contributed by atoms with E-state index < -0.39 is 20.0 Å². The highest BCUT2D eigenvalue weighted by Gasteiger charge is 2.24. The molecule has 3 unspecified atom stereocenters. The highest BCUT2D eigenvalue weighted by Crippen LogP contribution is 2.38. The average molecular weight is 631 g/mol. The number of hydrogen-bond acceptors (Lipinski definition) is 6. The van der Waals surface area contributed by atoms with Gasteiger partial charge in [-0.15, -0.1) is 0 Å². The Balaban J connectivity index is 4.25. The Morgan fingerprint density at radius 1 is 0.814 bits per heavy atom. The van der Waals surface area contributed by atoms with Crippen LogP contribution in [0.2, 0.25) is 0 Å². The molecular formula is C34H67N2O6P. The lowest BCUT2D eigenvalue weighted by Gasteiger charge is -2.30. The molecule has 0 spiro atoms. The molecule has 3 atom stereocenters. The van der Waals surface area contributed by atoms with E-state index in [1.165, 1.54) is 51.4 Å². The molecule has 0 fully saturated rings. The van der Waals surface area contributed by atoms with Gasteiger partial charge in [-0.05, 0) is 44.9 Å². The summed E-state index contributed by atoms with van der Waals surface area (Å²) in [7, 11) is 1.29. The van der Waals surface area contributed by atoms with E-state index in [4.69, 9.17) is 9.05 Å². The van der Waals surface area contributed by atoms with Gasteiger partial charge in [-0.2, -0.15) is 0 Å². The van der Waals surface area contributed by atoms with Crippen LogP contribution >= 0.6 is 7.82 Å². The number of nitrogens with one attached hydrogen (secondary N) is 1. The predicted molar refractivity (Wildman–Crippen MR) is 178 cm³/mol. The van der Waals surface area contributed by atoms with Gasteiger partial charge in [0.25, 0.3) is 7.82 Å². The first-order valence-electron chi connectivity index (χ1n) is 17.2. The lowest BCUT2D eigenvalue weighted by atomic mass is 10.0. The van der Waals surface area contributed by atoms with Crippen LogP contribution in [0.15, 0.2) is 24.3 Å². The Bertz CT molecular complexity index is 768. The highest BCUT2D eigenvalue weighted by molar-refractivity contribution is 7.45. The van der Waals surface area contributed by atoms with Crippen molar-refractivity contribution in [1.29, 1.82) is 0 Å². The first-order chi connectivity index (χ1) is 20.5. The van der Waals surface area contributed by atoms with Crippen LogP contribution in [0.4, 0.5) is 0 Å². The number of carbonyl (C=O) groups is 1. The minimum atomic E-state index is -4.54. The van der Waals surface area contributed by atoms with Crippen molar-refractivity contribution in [2.75, 3.05) is 40.9 Å². The zero-order valence-corrected chi connectivity index (χ0v) is 29.3. The summed E-state index contributed by atoms with van der Waals surface area (Å²) in [4.78, 5) is 24.9. The van der Waals surface area contributed by atoms with Gasteiger partial charge in [0.05, 0.1) is 39.9 Å². The summed E-state index contributed by atoms with van der Waals surface area (Å²) in [6, 6.07) is -0.797. The maximum atomic E-state index is 12.6. The Kier molecular flexibility index (Phi) is 26.7. The monoisotopic (exact) mass is 630 g/mol. The van der Waals surface area contributed by atoms with Gasteiger partial charge in [0.15, 0.2) is 0 Å². The molecule has 43 heavy (non-hydrogen) atoms. The fraction of sp³-hybridized carbons (Fsp3) is 0.853. The van der Waals surface area contributed by atoms with E-state index in [9.17, 15) is 19.4 Å². The van der Waals surface area contributed by atoms with Crippen LogP contribution in [-0.2, 0) is 18.4 Å². The highest BCUT2D eigenvalue weighted by atomic mass is 31.2. The van der Waals surface area contributed by atoms with Crippen molar-refractivity contribution >= 4 is 13.7 Å². The number of aliphatic hydroxyl groups excluding tert-OH is 1. The summed E-state index contributed by atoms with van der Waals surface area (Å²) in [6.45, 7) is 4.53. The largest absolute Gasteiger partial charge is 0.756 e. The summed E-state index contributed by atoms with van der Waals surface area (Å²) >= 11 is 0. The van der Waals surface area contributed by atoms with Gasteiger partial charge in [0.1, 0.15) is 13.2 Å². The number of amides is 1. The summed E-state index contributed by atoms with van der Waals surface area (Å²) in [6.07, 6.45) is 28.0. The van der Waals surface area contributed by atoms with Crippen LogP contribution in [0.1, 0.15) is 136 Å². The molecule has 0 aromatic heterocycles. The number of allylic oxidation sites excluding steroid dienone is 4. The molecule has 0 saturated heterocycles. The predicted octanol–water partition coefficient (Wildman–Crippen LogP) is 7.60.